The Morgan fingerprint density at radius 3 is 2.66 bits per heavy atom. The molecule has 0 unspecified atom stereocenters. The number of carbonyl (C=O) groups is 1. The Kier molecular flexibility index (Phi) is 10.0. The number of amides is 1. The second kappa shape index (κ2) is 12.7. The zero-order valence-electron chi connectivity index (χ0n) is 19.7. The average Bonchev–Trinajstić information content (AvgIpc) is 2.82. The summed E-state index contributed by atoms with van der Waals surface area (Å²) in [6, 6.07) is 10.7. The first-order chi connectivity index (χ1) is 15.5. The summed E-state index contributed by atoms with van der Waals surface area (Å²) in [5.74, 6) is -0.0732. The summed E-state index contributed by atoms with van der Waals surface area (Å²) >= 11 is 0. The maximum Gasteiger partial charge on any atom is 0.224 e. The van der Waals surface area contributed by atoms with Crippen LogP contribution in [0.4, 0.5) is 0 Å². The first-order valence-corrected chi connectivity index (χ1v) is 14.1. The highest BCUT2D eigenvalue weighted by Gasteiger charge is 2.32. The van der Waals surface area contributed by atoms with Gasteiger partial charge in [0.1, 0.15) is 0 Å². The normalized spacial score (nSPS) is 23.2. The molecule has 2 aliphatic heterocycles. The van der Waals surface area contributed by atoms with E-state index < -0.39 is 10.0 Å². The first-order valence-electron chi connectivity index (χ1n) is 12.5. The van der Waals surface area contributed by atoms with Gasteiger partial charge in [-0.25, -0.2) is 12.7 Å². The molecule has 6 nitrogen and oxygen atoms in total. The van der Waals surface area contributed by atoms with Gasteiger partial charge in [0.15, 0.2) is 0 Å². The number of nitrogens with one attached hydrogen (secondary N) is 1. The maximum absolute atomic E-state index is 12.8. The molecule has 1 N–H and O–H groups in total. The van der Waals surface area contributed by atoms with E-state index in [1.165, 1.54) is 32.2 Å². The van der Waals surface area contributed by atoms with E-state index in [1.807, 2.05) is 30.3 Å². The lowest BCUT2D eigenvalue weighted by atomic mass is 9.98. The third kappa shape index (κ3) is 7.56. The SMILES string of the molecule is CC[C@H]1CCCCN1CCCNC(=O)[C@H]1CCCN(S(=O)(=O)CCCc2ccccc2)C1. The molecule has 1 aromatic rings. The monoisotopic (exact) mass is 463 g/mol. The lowest BCUT2D eigenvalue weighted by molar-refractivity contribution is -0.126. The lowest BCUT2D eigenvalue weighted by Crippen LogP contribution is -2.46. The summed E-state index contributed by atoms with van der Waals surface area (Å²) in [6.45, 7) is 5.99. The van der Waals surface area contributed by atoms with Crippen molar-refractivity contribution >= 4 is 15.9 Å². The molecule has 0 bridgehead atoms. The van der Waals surface area contributed by atoms with Crippen LogP contribution in [-0.2, 0) is 21.2 Å². The smallest absolute Gasteiger partial charge is 0.224 e. The molecule has 0 spiro atoms. The molecule has 1 aromatic carbocycles. The Labute approximate surface area is 194 Å². The number of benzene rings is 1. The van der Waals surface area contributed by atoms with Gasteiger partial charge < -0.3 is 10.2 Å². The summed E-state index contributed by atoms with van der Waals surface area (Å²) in [4.78, 5) is 15.3. The van der Waals surface area contributed by atoms with E-state index in [-0.39, 0.29) is 17.6 Å². The quantitative estimate of drug-likeness (QED) is 0.511. The molecule has 2 fully saturated rings. The van der Waals surface area contributed by atoms with Crippen LogP contribution in [0.25, 0.3) is 0 Å². The van der Waals surface area contributed by atoms with Crippen molar-refractivity contribution in [3.63, 3.8) is 0 Å². The van der Waals surface area contributed by atoms with Crippen molar-refractivity contribution in [3.05, 3.63) is 35.9 Å². The molecule has 180 valence electrons. The number of hydrogen-bond donors (Lipinski definition) is 1. The summed E-state index contributed by atoms with van der Waals surface area (Å²) < 4.78 is 27.2. The molecule has 2 aliphatic rings. The number of carbonyl (C=O) groups excluding carboxylic acids is 1. The molecule has 0 aromatic heterocycles. The van der Waals surface area contributed by atoms with E-state index in [9.17, 15) is 13.2 Å². The van der Waals surface area contributed by atoms with E-state index in [1.54, 1.807) is 4.31 Å². The molecular weight excluding hydrogens is 422 g/mol. The minimum atomic E-state index is -3.32. The predicted molar refractivity (Wildman–Crippen MR) is 130 cm³/mol. The van der Waals surface area contributed by atoms with Gasteiger partial charge in [-0.3, -0.25) is 4.79 Å². The molecule has 7 heteroatoms. The summed E-state index contributed by atoms with van der Waals surface area (Å²) in [7, 11) is -3.32. The van der Waals surface area contributed by atoms with Crippen molar-refractivity contribution in [2.24, 2.45) is 5.92 Å². The van der Waals surface area contributed by atoms with Crippen molar-refractivity contribution in [3.8, 4) is 0 Å². The van der Waals surface area contributed by atoms with Crippen molar-refractivity contribution in [2.45, 2.75) is 70.8 Å². The zero-order chi connectivity index (χ0) is 22.8. The molecule has 2 atom stereocenters. The van der Waals surface area contributed by atoms with Crippen molar-refractivity contribution in [1.29, 1.82) is 0 Å². The van der Waals surface area contributed by atoms with Crippen LogP contribution >= 0.6 is 0 Å². The van der Waals surface area contributed by atoms with Gasteiger partial charge in [-0.05, 0) is 63.5 Å². The summed E-state index contributed by atoms with van der Waals surface area (Å²) in [5, 5.41) is 3.07. The molecule has 3 rings (SSSR count). The Morgan fingerprint density at radius 2 is 1.88 bits per heavy atom. The van der Waals surface area contributed by atoms with Gasteiger partial charge in [0.25, 0.3) is 0 Å². The molecule has 0 aliphatic carbocycles. The van der Waals surface area contributed by atoms with E-state index in [0.29, 0.717) is 32.1 Å². The largest absolute Gasteiger partial charge is 0.356 e. The fraction of sp³-hybridized carbons (Fsp3) is 0.720. The number of sulfonamides is 1. The van der Waals surface area contributed by atoms with Crippen molar-refractivity contribution in [2.75, 3.05) is 38.5 Å². The average molecular weight is 464 g/mol. The van der Waals surface area contributed by atoms with E-state index in [0.717, 1.165) is 37.8 Å². The molecule has 2 heterocycles. The molecule has 0 radical (unpaired) electrons. The van der Waals surface area contributed by atoms with Crippen LogP contribution in [0.3, 0.4) is 0 Å². The molecule has 32 heavy (non-hydrogen) atoms. The summed E-state index contributed by atoms with van der Waals surface area (Å²) in [6.07, 6.45) is 8.94. The van der Waals surface area contributed by atoms with Gasteiger partial charge in [0.05, 0.1) is 11.7 Å². The van der Waals surface area contributed by atoms with Crippen LogP contribution in [0.1, 0.15) is 63.9 Å². The Hall–Kier alpha value is -1.44. The van der Waals surface area contributed by atoms with Gasteiger partial charge in [0.2, 0.25) is 15.9 Å². The van der Waals surface area contributed by atoms with E-state index in [2.05, 4.69) is 17.1 Å². The van der Waals surface area contributed by atoms with Crippen LogP contribution in [0.15, 0.2) is 30.3 Å². The van der Waals surface area contributed by atoms with Crippen LogP contribution in [0.5, 0.6) is 0 Å². The van der Waals surface area contributed by atoms with Gasteiger partial charge in [-0.1, -0.05) is 43.7 Å². The highest BCUT2D eigenvalue weighted by atomic mass is 32.2. The summed E-state index contributed by atoms with van der Waals surface area (Å²) in [5.41, 5.74) is 1.16. The molecular formula is C25H41N3O3S. The fourth-order valence-corrected chi connectivity index (χ4v) is 6.68. The van der Waals surface area contributed by atoms with Crippen LogP contribution in [0, 0.1) is 5.92 Å². The van der Waals surface area contributed by atoms with Gasteiger partial charge >= 0.3 is 0 Å². The van der Waals surface area contributed by atoms with Gasteiger partial charge in [-0.2, -0.15) is 0 Å². The van der Waals surface area contributed by atoms with Gasteiger partial charge in [0, 0.05) is 32.2 Å². The zero-order valence-corrected chi connectivity index (χ0v) is 20.5. The third-order valence-electron chi connectivity index (χ3n) is 7.00. The first kappa shape index (κ1) is 25.2. The predicted octanol–water partition coefficient (Wildman–Crippen LogP) is 3.43. The van der Waals surface area contributed by atoms with Crippen LogP contribution in [0.2, 0.25) is 0 Å². The Balaban J connectivity index is 1.38. The minimum absolute atomic E-state index is 0.0138. The Bertz CT molecular complexity index is 800. The van der Waals surface area contributed by atoms with E-state index in [4.69, 9.17) is 0 Å². The molecule has 0 saturated carbocycles. The van der Waals surface area contributed by atoms with Crippen molar-refractivity contribution < 1.29 is 13.2 Å². The number of hydrogen-bond acceptors (Lipinski definition) is 4. The highest BCUT2D eigenvalue weighted by Crippen LogP contribution is 2.21. The number of aryl methyl sites for hydroxylation is 1. The highest BCUT2D eigenvalue weighted by molar-refractivity contribution is 7.89. The second-order valence-corrected chi connectivity index (χ2v) is 11.4. The number of rotatable bonds is 11. The number of nitrogens with zero attached hydrogens (tertiary/aromatic N) is 2. The third-order valence-corrected chi connectivity index (χ3v) is 8.92. The van der Waals surface area contributed by atoms with Crippen molar-refractivity contribution in [1.82, 2.24) is 14.5 Å². The fourth-order valence-electron chi connectivity index (χ4n) is 5.10. The van der Waals surface area contributed by atoms with Gasteiger partial charge in [-0.15, -0.1) is 0 Å². The van der Waals surface area contributed by atoms with Crippen LogP contribution in [-0.4, -0.2) is 68.0 Å². The maximum atomic E-state index is 12.8. The Morgan fingerprint density at radius 1 is 1.06 bits per heavy atom. The topological polar surface area (TPSA) is 69.7 Å². The molecule has 2 saturated heterocycles. The van der Waals surface area contributed by atoms with Crippen LogP contribution < -0.4 is 5.32 Å². The standard InChI is InChI=1S/C25H41N3O3S/c1-2-24-15-6-7-17-27(24)18-10-16-26-25(29)23-14-8-19-28(21-23)32(30,31)20-9-13-22-11-4-3-5-12-22/h3-5,11-12,23-24H,2,6-10,13-21H2,1H3,(H,26,29)/t23-,24-/m0/s1. The number of likely N-dealkylation sites (tertiary alicyclic amines) is 1. The number of piperidine rings is 2. The van der Waals surface area contributed by atoms with E-state index >= 15 is 0 Å². The lowest BCUT2D eigenvalue weighted by Gasteiger charge is -2.35. The second-order valence-electron chi connectivity index (χ2n) is 9.34. The minimum Gasteiger partial charge on any atom is -0.356 e. The molecule has 1 amide bonds.